The molecule has 5 N–H and O–H groups in total. The summed E-state index contributed by atoms with van der Waals surface area (Å²) in [5.41, 5.74) is 0.895. The molecule has 3 heterocycles. The van der Waals surface area contributed by atoms with E-state index in [0.717, 1.165) is 0 Å². The van der Waals surface area contributed by atoms with Gasteiger partial charge in [0.25, 0.3) is 0 Å². The Labute approximate surface area is 208 Å². The fourth-order valence-electron chi connectivity index (χ4n) is 3.79. The van der Waals surface area contributed by atoms with Crippen LogP contribution in [0.4, 0.5) is 10.2 Å². The van der Waals surface area contributed by atoms with Gasteiger partial charge in [0, 0.05) is 6.42 Å². The average molecular weight is 566 g/mol. The molecular weight excluding hydrogens is 543 g/mol. The number of aliphatic hydroxyl groups is 1. The number of anilines is 1. The fourth-order valence-corrected chi connectivity index (χ4v) is 6.54. The molecule has 1 saturated heterocycles. The third-order valence-electron chi connectivity index (χ3n) is 5.36. The molecule has 1 aromatic carbocycles. The van der Waals surface area contributed by atoms with Crippen LogP contribution < -0.4 is 5.32 Å². The number of aromatic nitrogens is 4. The number of rotatable bonds is 9. The number of ether oxygens (including phenoxy) is 1. The minimum Gasteiger partial charge on any atom is -0.388 e. The van der Waals surface area contributed by atoms with Crippen molar-refractivity contribution in [3.63, 3.8) is 0 Å². The van der Waals surface area contributed by atoms with Gasteiger partial charge in [-0.2, -0.15) is 15.1 Å². The van der Waals surface area contributed by atoms with Crippen LogP contribution in [0, 0.1) is 5.82 Å². The van der Waals surface area contributed by atoms with Crippen molar-refractivity contribution in [3.8, 4) is 0 Å². The summed E-state index contributed by atoms with van der Waals surface area (Å²) in [6.45, 7) is 1.32. The lowest BCUT2D eigenvalue weighted by molar-refractivity contribution is -0.0528. The van der Waals surface area contributed by atoms with Gasteiger partial charge in [-0.1, -0.05) is 12.1 Å². The van der Waals surface area contributed by atoms with Gasteiger partial charge in [0.2, 0.25) is 5.28 Å². The third kappa shape index (κ3) is 6.46. The minimum atomic E-state index is -4.78. The van der Waals surface area contributed by atoms with E-state index in [2.05, 4.69) is 20.4 Å². The Balaban J connectivity index is 1.52. The number of aliphatic hydroxyl groups excluding tert-OH is 1. The maximum absolute atomic E-state index is 13.6. The standard InChI is InChI=1S/C19H23ClFN5O8P2/c1-10(11-3-2-4-12(21)5-11)23-16-14-7-22-26(17(14)25-19(20)24-16)18-15(27)6-13(34-18)8-33-36(31,32)9-35(28,29)30/h2-5,7,10,13,15,18,27H,6,8-9H2,1H3,(H,31,32)(H,23,24,25)(H2,28,29,30)/t10-,13+,15-,18-/m1/s1. The van der Waals surface area contributed by atoms with Crippen molar-refractivity contribution in [2.45, 2.75) is 37.8 Å². The molecule has 1 unspecified atom stereocenters. The van der Waals surface area contributed by atoms with Gasteiger partial charge >= 0.3 is 15.2 Å². The maximum Gasteiger partial charge on any atom is 0.340 e. The van der Waals surface area contributed by atoms with E-state index in [1.807, 2.05) is 6.92 Å². The largest absolute Gasteiger partial charge is 0.388 e. The molecule has 4 rings (SSSR count). The molecule has 0 saturated carbocycles. The predicted molar refractivity (Wildman–Crippen MR) is 126 cm³/mol. The second-order valence-electron chi connectivity index (χ2n) is 8.28. The third-order valence-corrected chi connectivity index (χ3v) is 8.99. The number of hydrogen-bond donors (Lipinski definition) is 5. The molecule has 1 aliphatic heterocycles. The van der Waals surface area contributed by atoms with Gasteiger partial charge in [0.05, 0.1) is 30.3 Å². The van der Waals surface area contributed by atoms with Gasteiger partial charge in [-0.3, -0.25) is 9.13 Å². The van der Waals surface area contributed by atoms with E-state index in [9.17, 15) is 23.5 Å². The molecule has 36 heavy (non-hydrogen) atoms. The molecule has 0 bridgehead atoms. The molecule has 0 spiro atoms. The van der Waals surface area contributed by atoms with Crippen LogP contribution in [0.1, 0.15) is 31.2 Å². The van der Waals surface area contributed by atoms with Crippen LogP contribution in [0.3, 0.4) is 0 Å². The lowest BCUT2D eigenvalue weighted by Crippen LogP contribution is -2.21. The Morgan fingerprint density at radius 1 is 1.33 bits per heavy atom. The van der Waals surface area contributed by atoms with Crippen molar-refractivity contribution < 1.29 is 42.6 Å². The fraction of sp³-hybridized carbons (Fsp3) is 0.421. The average Bonchev–Trinajstić information content (AvgIpc) is 3.33. The van der Waals surface area contributed by atoms with E-state index in [-0.39, 0.29) is 29.2 Å². The normalized spacial score (nSPS) is 23.0. The molecule has 0 radical (unpaired) electrons. The van der Waals surface area contributed by atoms with E-state index >= 15 is 0 Å². The second kappa shape index (κ2) is 10.4. The topological polar surface area (TPSA) is 189 Å². The molecule has 2 aromatic heterocycles. The summed E-state index contributed by atoms with van der Waals surface area (Å²) >= 11 is 6.12. The molecule has 13 nitrogen and oxygen atoms in total. The van der Waals surface area contributed by atoms with Gasteiger partial charge in [-0.15, -0.1) is 0 Å². The van der Waals surface area contributed by atoms with E-state index in [4.69, 9.17) is 30.6 Å². The van der Waals surface area contributed by atoms with Crippen molar-refractivity contribution in [1.29, 1.82) is 0 Å². The number of halogens is 2. The highest BCUT2D eigenvalue weighted by molar-refractivity contribution is 7.70. The summed E-state index contributed by atoms with van der Waals surface area (Å²) in [6.07, 6.45) is -1.62. The smallest absolute Gasteiger partial charge is 0.340 e. The number of fused-ring (bicyclic) bond motifs is 1. The summed E-state index contributed by atoms with van der Waals surface area (Å²) in [7, 11) is -9.35. The highest BCUT2D eigenvalue weighted by Gasteiger charge is 2.39. The molecule has 0 amide bonds. The molecule has 196 valence electrons. The van der Waals surface area contributed by atoms with Crippen LogP contribution in [-0.4, -0.2) is 64.3 Å². The lowest BCUT2D eigenvalue weighted by atomic mass is 10.1. The minimum absolute atomic E-state index is 0.0114. The van der Waals surface area contributed by atoms with Crippen molar-refractivity contribution in [2.24, 2.45) is 0 Å². The van der Waals surface area contributed by atoms with Crippen molar-refractivity contribution >= 4 is 43.6 Å². The van der Waals surface area contributed by atoms with E-state index in [1.165, 1.54) is 23.0 Å². The summed E-state index contributed by atoms with van der Waals surface area (Å²) in [6, 6.07) is 5.71. The Morgan fingerprint density at radius 2 is 2.08 bits per heavy atom. The van der Waals surface area contributed by atoms with Gasteiger partial charge < -0.3 is 34.4 Å². The SMILES string of the molecule is C[C@@H](Nc1nc(Cl)nc2c1cnn2[C@@H]1O[C@H](COP(=O)(O)CP(=O)(O)O)C[C@H]1O)c1cccc(F)c1. The van der Waals surface area contributed by atoms with Gasteiger partial charge in [0.1, 0.15) is 17.7 Å². The number of hydrogen-bond acceptors (Lipinski definition) is 9. The van der Waals surface area contributed by atoms with Gasteiger partial charge in [-0.05, 0) is 36.2 Å². The summed E-state index contributed by atoms with van der Waals surface area (Å²) in [4.78, 5) is 35.8. The zero-order chi connectivity index (χ0) is 26.3. The molecule has 17 heteroatoms. The molecule has 3 aromatic rings. The predicted octanol–water partition coefficient (Wildman–Crippen LogP) is 2.78. The Morgan fingerprint density at radius 3 is 2.78 bits per heavy atom. The first-order valence-corrected chi connectivity index (χ1v) is 14.5. The lowest BCUT2D eigenvalue weighted by Gasteiger charge is -2.18. The molecule has 1 fully saturated rings. The van der Waals surface area contributed by atoms with Crippen LogP contribution in [0.15, 0.2) is 30.5 Å². The number of nitrogens with one attached hydrogen (secondary N) is 1. The van der Waals surface area contributed by atoms with Crippen LogP contribution in [0.2, 0.25) is 5.28 Å². The van der Waals surface area contributed by atoms with Crippen LogP contribution in [0.5, 0.6) is 0 Å². The summed E-state index contributed by atoms with van der Waals surface area (Å²) in [5.74, 6) is -1.40. The Bertz CT molecular complexity index is 1360. The first-order valence-electron chi connectivity index (χ1n) is 10.6. The maximum atomic E-state index is 13.6. The highest BCUT2D eigenvalue weighted by atomic mass is 35.5. The monoisotopic (exact) mass is 565 g/mol. The Kier molecular flexibility index (Phi) is 7.82. The van der Waals surface area contributed by atoms with Gasteiger partial charge in [-0.25, -0.2) is 9.07 Å². The van der Waals surface area contributed by atoms with Gasteiger partial charge in [0.15, 0.2) is 17.8 Å². The van der Waals surface area contributed by atoms with E-state index < -0.39 is 46.1 Å². The molecule has 1 aliphatic rings. The zero-order valence-corrected chi connectivity index (χ0v) is 21.2. The summed E-state index contributed by atoms with van der Waals surface area (Å²) in [5, 5.41) is 18.2. The second-order valence-corrected chi connectivity index (χ2v) is 12.6. The van der Waals surface area contributed by atoms with Crippen molar-refractivity contribution in [3.05, 3.63) is 47.1 Å². The first kappa shape index (κ1) is 27.1. The van der Waals surface area contributed by atoms with Crippen molar-refractivity contribution in [1.82, 2.24) is 19.7 Å². The quantitative estimate of drug-likeness (QED) is 0.189. The van der Waals surface area contributed by atoms with Crippen LogP contribution >= 0.6 is 26.8 Å². The van der Waals surface area contributed by atoms with Crippen LogP contribution in [0.25, 0.3) is 11.0 Å². The van der Waals surface area contributed by atoms with Crippen molar-refractivity contribution in [2.75, 3.05) is 17.8 Å². The van der Waals surface area contributed by atoms with E-state index in [1.54, 1.807) is 12.1 Å². The summed E-state index contributed by atoms with van der Waals surface area (Å²) < 4.78 is 48.3. The Hall–Kier alpha value is -1.99. The zero-order valence-electron chi connectivity index (χ0n) is 18.7. The first-order chi connectivity index (χ1) is 16.8. The molecule has 5 atom stereocenters. The van der Waals surface area contributed by atoms with E-state index in [0.29, 0.717) is 16.8 Å². The number of nitrogens with zero attached hydrogens (tertiary/aromatic N) is 4. The van der Waals surface area contributed by atoms with Crippen LogP contribution in [-0.2, 0) is 18.4 Å². The molecular formula is C19H23ClFN5O8P2. The highest BCUT2D eigenvalue weighted by Crippen LogP contribution is 2.55. The number of benzene rings is 1. The molecule has 0 aliphatic carbocycles.